The van der Waals surface area contributed by atoms with Crippen molar-refractivity contribution in [3.05, 3.63) is 35.9 Å². The fraction of sp³-hybridized carbons (Fsp3) is 0.308. The second-order valence-corrected chi connectivity index (χ2v) is 4.10. The minimum atomic E-state index is -1.03. The van der Waals surface area contributed by atoms with Crippen LogP contribution in [0.25, 0.3) is 0 Å². The normalized spacial score (nSPS) is 22.8. The van der Waals surface area contributed by atoms with Gasteiger partial charge in [0.25, 0.3) is 5.91 Å². The van der Waals surface area contributed by atoms with E-state index in [0.29, 0.717) is 6.42 Å². The predicted octanol–water partition coefficient (Wildman–Crippen LogP) is 1.37. The summed E-state index contributed by atoms with van der Waals surface area (Å²) in [6.45, 7) is 1.61. The van der Waals surface area contributed by atoms with Gasteiger partial charge in [-0.1, -0.05) is 37.3 Å². The Hall–Kier alpha value is -2.35. The van der Waals surface area contributed by atoms with Crippen molar-refractivity contribution in [2.24, 2.45) is 0 Å². The molecule has 0 aliphatic carbocycles. The zero-order chi connectivity index (χ0) is 13.2. The molecule has 3 amide bonds. The SMILES string of the molecule is CC[C@@]1(c2ccccc2)NC(=O)N(CC#N)C1=O. The minimum Gasteiger partial charge on any atom is -0.319 e. The Balaban J connectivity index is 2.45. The van der Waals surface area contributed by atoms with Crippen molar-refractivity contribution in [1.29, 1.82) is 5.26 Å². The molecule has 0 saturated carbocycles. The fourth-order valence-corrected chi connectivity index (χ4v) is 2.20. The standard InChI is InChI=1S/C13H13N3O2/c1-2-13(10-6-4-3-5-7-10)11(17)16(9-8-14)12(18)15-13/h3-7H,2,9H2,1H3,(H,15,18)/t13-/m0/s1. The monoisotopic (exact) mass is 243 g/mol. The summed E-state index contributed by atoms with van der Waals surface area (Å²) in [5, 5.41) is 11.4. The Morgan fingerprint density at radius 3 is 2.56 bits per heavy atom. The van der Waals surface area contributed by atoms with Gasteiger partial charge in [-0.05, 0) is 12.0 Å². The lowest BCUT2D eigenvalue weighted by atomic mass is 9.87. The summed E-state index contributed by atoms with van der Waals surface area (Å²) in [5.74, 6) is -0.359. The van der Waals surface area contributed by atoms with Crippen LogP contribution >= 0.6 is 0 Å². The number of nitriles is 1. The summed E-state index contributed by atoms with van der Waals surface area (Å²) in [6.07, 6.45) is 0.448. The van der Waals surface area contributed by atoms with E-state index >= 15 is 0 Å². The Labute approximate surface area is 105 Å². The number of benzene rings is 1. The molecule has 92 valence electrons. The molecule has 1 N–H and O–H groups in total. The third-order valence-electron chi connectivity index (χ3n) is 3.20. The van der Waals surface area contributed by atoms with E-state index < -0.39 is 11.6 Å². The Bertz CT molecular complexity index is 521. The first-order valence-corrected chi connectivity index (χ1v) is 5.72. The average molecular weight is 243 g/mol. The third-order valence-corrected chi connectivity index (χ3v) is 3.20. The van der Waals surface area contributed by atoms with Gasteiger partial charge in [0.15, 0.2) is 0 Å². The quantitative estimate of drug-likeness (QED) is 0.643. The number of nitrogens with zero attached hydrogens (tertiary/aromatic N) is 2. The van der Waals surface area contributed by atoms with E-state index in [1.807, 2.05) is 31.2 Å². The highest BCUT2D eigenvalue weighted by Crippen LogP contribution is 2.31. The average Bonchev–Trinajstić information content (AvgIpc) is 2.65. The molecular formula is C13H13N3O2. The van der Waals surface area contributed by atoms with Crippen molar-refractivity contribution < 1.29 is 9.59 Å². The molecule has 1 heterocycles. The van der Waals surface area contributed by atoms with E-state index in [4.69, 9.17) is 5.26 Å². The van der Waals surface area contributed by atoms with Crippen LogP contribution in [0, 0.1) is 11.3 Å². The summed E-state index contributed by atoms with van der Waals surface area (Å²) in [4.78, 5) is 25.1. The first-order chi connectivity index (χ1) is 8.65. The molecule has 1 aliphatic heterocycles. The maximum absolute atomic E-state index is 12.4. The van der Waals surface area contributed by atoms with Crippen LogP contribution in [-0.2, 0) is 10.3 Å². The second-order valence-electron chi connectivity index (χ2n) is 4.10. The van der Waals surface area contributed by atoms with Crippen LogP contribution in [0.15, 0.2) is 30.3 Å². The number of rotatable bonds is 3. The molecule has 1 aromatic carbocycles. The molecule has 1 aliphatic rings. The maximum Gasteiger partial charge on any atom is 0.326 e. The predicted molar refractivity (Wildman–Crippen MR) is 64.3 cm³/mol. The van der Waals surface area contributed by atoms with Crippen LogP contribution in [0.4, 0.5) is 4.79 Å². The van der Waals surface area contributed by atoms with Crippen molar-refractivity contribution >= 4 is 11.9 Å². The molecular weight excluding hydrogens is 230 g/mol. The second kappa shape index (κ2) is 4.49. The van der Waals surface area contributed by atoms with Crippen LogP contribution < -0.4 is 5.32 Å². The maximum atomic E-state index is 12.4. The molecule has 1 atom stereocenters. The van der Waals surface area contributed by atoms with Gasteiger partial charge in [0.1, 0.15) is 12.1 Å². The smallest absolute Gasteiger partial charge is 0.319 e. The lowest BCUT2D eigenvalue weighted by molar-refractivity contribution is -0.131. The number of amides is 3. The summed E-state index contributed by atoms with van der Waals surface area (Å²) in [5.41, 5.74) is -0.291. The van der Waals surface area contributed by atoms with E-state index in [1.54, 1.807) is 12.1 Å². The first-order valence-electron chi connectivity index (χ1n) is 5.72. The molecule has 0 bridgehead atoms. The van der Waals surface area contributed by atoms with Gasteiger partial charge in [0.2, 0.25) is 0 Å². The van der Waals surface area contributed by atoms with Crippen LogP contribution in [0.5, 0.6) is 0 Å². The number of urea groups is 1. The van der Waals surface area contributed by atoms with E-state index in [1.165, 1.54) is 0 Å². The molecule has 1 fully saturated rings. The van der Waals surface area contributed by atoms with Gasteiger partial charge >= 0.3 is 6.03 Å². The molecule has 1 aromatic rings. The summed E-state index contributed by atoms with van der Waals surface area (Å²) >= 11 is 0. The zero-order valence-electron chi connectivity index (χ0n) is 10.0. The molecule has 1 saturated heterocycles. The molecule has 0 unspecified atom stereocenters. The lowest BCUT2D eigenvalue weighted by Gasteiger charge is -2.25. The van der Waals surface area contributed by atoms with Crippen molar-refractivity contribution in [1.82, 2.24) is 10.2 Å². The van der Waals surface area contributed by atoms with E-state index in [-0.39, 0.29) is 12.5 Å². The molecule has 0 spiro atoms. The Morgan fingerprint density at radius 2 is 2.00 bits per heavy atom. The minimum absolute atomic E-state index is 0.223. The number of nitrogens with one attached hydrogen (secondary N) is 1. The van der Waals surface area contributed by atoms with Gasteiger partial charge in [-0.3, -0.25) is 4.79 Å². The molecule has 2 rings (SSSR count). The highest BCUT2D eigenvalue weighted by molar-refractivity contribution is 6.07. The van der Waals surface area contributed by atoms with Crippen LogP contribution in [0.1, 0.15) is 18.9 Å². The highest BCUT2D eigenvalue weighted by atomic mass is 16.2. The molecule has 18 heavy (non-hydrogen) atoms. The van der Waals surface area contributed by atoms with E-state index in [0.717, 1.165) is 10.5 Å². The topological polar surface area (TPSA) is 73.2 Å². The fourth-order valence-electron chi connectivity index (χ4n) is 2.20. The van der Waals surface area contributed by atoms with Crippen molar-refractivity contribution in [2.45, 2.75) is 18.9 Å². The van der Waals surface area contributed by atoms with Gasteiger partial charge in [0, 0.05) is 0 Å². The Kier molecular flexibility index (Phi) is 3.02. The zero-order valence-corrected chi connectivity index (χ0v) is 10.0. The number of carbonyl (C=O) groups is 2. The van der Waals surface area contributed by atoms with Crippen LogP contribution in [-0.4, -0.2) is 23.4 Å². The van der Waals surface area contributed by atoms with E-state index in [9.17, 15) is 9.59 Å². The molecule has 5 heteroatoms. The molecule has 5 nitrogen and oxygen atoms in total. The Morgan fingerprint density at radius 1 is 1.33 bits per heavy atom. The van der Waals surface area contributed by atoms with Gasteiger partial charge in [-0.2, -0.15) is 5.26 Å². The summed E-state index contributed by atoms with van der Waals surface area (Å²) < 4.78 is 0. The van der Waals surface area contributed by atoms with Gasteiger partial charge in [-0.15, -0.1) is 0 Å². The third kappa shape index (κ3) is 1.63. The lowest BCUT2D eigenvalue weighted by Crippen LogP contribution is -2.43. The largest absolute Gasteiger partial charge is 0.326 e. The number of hydrogen-bond donors (Lipinski definition) is 1. The van der Waals surface area contributed by atoms with Crippen molar-refractivity contribution in [2.75, 3.05) is 6.54 Å². The van der Waals surface area contributed by atoms with Crippen molar-refractivity contribution in [3.63, 3.8) is 0 Å². The van der Waals surface area contributed by atoms with Gasteiger partial charge in [-0.25, -0.2) is 9.69 Å². The van der Waals surface area contributed by atoms with Crippen LogP contribution in [0.2, 0.25) is 0 Å². The first kappa shape index (κ1) is 12.1. The molecule has 0 aromatic heterocycles. The summed E-state index contributed by atoms with van der Waals surface area (Å²) in [6, 6.07) is 10.4. The molecule has 0 radical (unpaired) electrons. The van der Waals surface area contributed by atoms with Gasteiger partial charge < -0.3 is 5.32 Å². The van der Waals surface area contributed by atoms with Gasteiger partial charge in [0.05, 0.1) is 6.07 Å². The number of hydrogen-bond acceptors (Lipinski definition) is 3. The van der Waals surface area contributed by atoms with E-state index in [2.05, 4.69) is 5.32 Å². The number of imide groups is 1. The highest BCUT2D eigenvalue weighted by Gasteiger charge is 2.50. The van der Waals surface area contributed by atoms with Crippen LogP contribution in [0.3, 0.4) is 0 Å². The van der Waals surface area contributed by atoms with Crippen molar-refractivity contribution in [3.8, 4) is 6.07 Å². The summed E-state index contributed by atoms with van der Waals surface area (Å²) in [7, 11) is 0. The number of carbonyl (C=O) groups excluding carboxylic acids is 2.